The van der Waals surface area contributed by atoms with Crippen molar-refractivity contribution in [3.63, 3.8) is 0 Å². The molecule has 2 amide bonds. The average molecular weight is 327 g/mol. The summed E-state index contributed by atoms with van der Waals surface area (Å²) in [5, 5.41) is 5.70. The molecule has 0 saturated carbocycles. The van der Waals surface area contributed by atoms with E-state index in [1.54, 1.807) is 5.06 Å². The summed E-state index contributed by atoms with van der Waals surface area (Å²) in [5.41, 5.74) is 1.91. The highest BCUT2D eigenvalue weighted by Crippen LogP contribution is 2.38. The van der Waals surface area contributed by atoms with Crippen molar-refractivity contribution < 1.29 is 14.2 Å². The Hall–Kier alpha value is -2.34. The molecule has 1 aromatic heterocycles. The molecule has 24 heavy (non-hydrogen) atoms. The van der Waals surface area contributed by atoms with Crippen LogP contribution in [0.15, 0.2) is 40.9 Å². The second-order valence-electron chi connectivity index (χ2n) is 6.34. The fraction of sp³-hybridized carbons (Fsp3) is 0.444. The van der Waals surface area contributed by atoms with E-state index in [0.29, 0.717) is 13.2 Å². The molecule has 2 unspecified atom stereocenters. The summed E-state index contributed by atoms with van der Waals surface area (Å²) < 4.78 is 5.31. The molecule has 0 N–H and O–H groups in total. The highest BCUT2D eigenvalue weighted by atomic mass is 16.7. The second-order valence-corrected chi connectivity index (χ2v) is 6.34. The van der Waals surface area contributed by atoms with Crippen LogP contribution in [0, 0.1) is 0 Å². The minimum atomic E-state index is -0.0699. The van der Waals surface area contributed by atoms with Gasteiger partial charge in [-0.15, -0.1) is 0 Å². The molecule has 2 bridgehead atoms. The number of benzene rings is 1. The number of hydrogen-bond acceptors (Lipinski definition) is 4. The van der Waals surface area contributed by atoms with E-state index in [-0.39, 0.29) is 18.1 Å². The van der Waals surface area contributed by atoms with Crippen molar-refractivity contribution in [2.45, 2.75) is 44.9 Å². The van der Waals surface area contributed by atoms with Gasteiger partial charge in [0, 0.05) is 19.0 Å². The molecule has 0 radical (unpaired) electrons. The van der Waals surface area contributed by atoms with Crippen molar-refractivity contribution in [2.24, 2.45) is 0 Å². The molecular formula is C18H21N3O3. The van der Waals surface area contributed by atoms with Gasteiger partial charge in [-0.1, -0.05) is 42.4 Å². The maximum atomic E-state index is 12.7. The zero-order valence-electron chi connectivity index (χ0n) is 13.7. The van der Waals surface area contributed by atoms with Gasteiger partial charge in [-0.2, -0.15) is 5.06 Å². The Morgan fingerprint density at radius 3 is 2.88 bits per heavy atom. The number of amides is 2. The number of carbonyl (C=O) groups excluding carboxylic acids is 1. The number of nitrogens with zero attached hydrogens (tertiary/aromatic N) is 3. The van der Waals surface area contributed by atoms with Gasteiger partial charge in [-0.3, -0.25) is 4.84 Å². The second kappa shape index (κ2) is 6.28. The first-order chi connectivity index (χ1) is 11.8. The quantitative estimate of drug-likeness (QED) is 0.845. The Kier molecular flexibility index (Phi) is 3.98. The van der Waals surface area contributed by atoms with Crippen LogP contribution in [-0.4, -0.2) is 33.7 Å². The fourth-order valence-electron chi connectivity index (χ4n) is 3.48. The Morgan fingerprint density at radius 1 is 1.29 bits per heavy atom. The summed E-state index contributed by atoms with van der Waals surface area (Å²) >= 11 is 0. The number of piperidine rings is 1. The molecule has 6 nitrogen and oxygen atoms in total. The van der Waals surface area contributed by atoms with Gasteiger partial charge in [0.05, 0.1) is 12.1 Å². The Balaban J connectivity index is 1.46. The molecule has 2 fully saturated rings. The fourth-order valence-corrected chi connectivity index (χ4v) is 3.48. The number of rotatable bonds is 5. The van der Waals surface area contributed by atoms with E-state index < -0.39 is 0 Å². The number of aromatic nitrogens is 1. The van der Waals surface area contributed by atoms with Crippen LogP contribution < -0.4 is 0 Å². The number of aryl methyl sites for hydroxylation is 1. The van der Waals surface area contributed by atoms with Gasteiger partial charge in [0.1, 0.15) is 18.1 Å². The van der Waals surface area contributed by atoms with Crippen LogP contribution in [0.5, 0.6) is 0 Å². The predicted molar refractivity (Wildman–Crippen MR) is 86.8 cm³/mol. The van der Waals surface area contributed by atoms with E-state index in [1.165, 1.54) is 0 Å². The van der Waals surface area contributed by atoms with Crippen molar-refractivity contribution in [1.82, 2.24) is 15.1 Å². The number of carbonyl (C=O) groups is 1. The highest BCUT2D eigenvalue weighted by molar-refractivity contribution is 5.77. The SMILES string of the molecule is CCc1cc(C2CCC3CN2C(=O)N3OCc2ccccc2)no1. The predicted octanol–water partition coefficient (Wildman–Crippen LogP) is 3.31. The summed E-state index contributed by atoms with van der Waals surface area (Å²) in [6.45, 7) is 3.12. The van der Waals surface area contributed by atoms with Crippen molar-refractivity contribution >= 4 is 6.03 Å². The highest BCUT2D eigenvalue weighted by Gasteiger charge is 2.46. The molecule has 2 saturated heterocycles. The normalized spacial score (nSPS) is 23.1. The van der Waals surface area contributed by atoms with Crippen molar-refractivity contribution in [2.75, 3.05) is 6.54 Å². The van der Waals surface area contributed by atoms with E-state index in [2.05, 4.69) is 5.16 Å². The van der Waals surface area contributed by atoms with Gasteiger partial charge in [0.15, 0.2) is 0 Å². The first-order valence-corrected chi connectivity index (χ1v) is 8.48. The van der Waals surface area contributed by atoms with Crippen LogP contribution in [0.3, 0.4) is 0 Å². The molecule has 126 valence electrons. The smallest absolute Gasteiger partial charge is 0.344 e. The number of hydrogen-bond donors (Lipinski definition) is 0. The topological polar surface area (TPSA) is 58.8 Å². The zero-order valence-corrected chi connectivity index (χ0v) is 13.7. The summed E-state index contributed by atoms with van der Waals surface area (Å²) in [4.78, 5) is 20.4. The van der Waals surface area contributed by atoms with Crippen molar-refractivity contribution in [3.8, 4) is 0 Å². The Morgan fingerprint density at radius 2 is 2.12 bits per heavy atom. The average Bonchev–Trinajstić information content (AvgIpc) is 3.19. The molecule has 2 aromatic rings. The van der Waals surface area contributed by atoms with Crippen LogP contribution >= 0.6 is 0 Å². The van der Waals surface area contributed by atoms with Gasteiger partial charge < -0.3 is 9.42 Å². The van der Waals surface area contributed by atoms with Crippen LogP contribution in [0.2, 0.25) is 0 Å². The number of urea groups is 1. The summed E-state index contributed by atoms with van der Waals surface area (Å²) in [6, 6.07) is 11.9. The summed E-state index contributed by atoms with van der Waals surface area (Å²) in [5.74, 6) is 0.857. The lowest BCUT2D eigenvalue weighted by Gasteiger charge is -2.28. The summed E-state index contributed by atoms with van der Waals surface area (Å²) in [6.07, 6.45) is 2.61. The van der Waals surface area contributed by atoms with E-state index >= 15 is 0 Å². The lowest BCUT2D eigenvalue weighted by molar-refractivity contribution is -0.140. The van der Waals surface area contributed by atoms with Gasteiger partial charge >= 0.3 is 6.03 Å². The third-order valence-corrected chi connectivity index (χ3v) is 4.80. The number of fused-ring (bicyclic) bond motifs is 2. The van der Waals surface area contributed by atoms with E-state index in [1.807, 2.05) is 48.2 Å². The molecule has 4 rings (SSSR count). The third kappa shape index (κ3) is 2.67. The van der Waals surface area contributed by atoms with Gasteiger partial charge in [-0.25, -0.2) is 4.79 Å². The molecule has 2 atom stereocenters. The molecule has 2 aliphatic heterocycles. The maximum Gasteiger partial charge on any atom is 0.344 e. The summed E-state index contributed by atoms with van der Waals surface area (Å²) in [7, 11) is 0. The first kappa shape index (κ1) is 15.2. The van der Waals surface area contributed by atoms with Gasteiger partial charge in [-0.05, 0) is 18.4 Å². The van der Waals surface area contributed by atoms with E-state index in [9.17, 15) is 4.79 Å². The molecule has 3 heterocycles. The Labute approximate surface area is 140 Å². The van der Waals surface area contributed by atoms with Gasteiger partial charge in [0.25, 0.3) is 0 Å². The molecule has 2 aliphatic rings. The van der Waals surface area contributed by atoms with Crippen molar-refractivity contribution in [3.05, 3.63) is 53.4 Å². The van der Waals surface area contributed by atoms with E-state index in [4.69, 9.17) is 9.36 Å². The Bertz CT molecular complexity index is 715. The molecule has 6 heteroatoms. The largest absolute Gasteiger partial charge is 0.361 e. The van der Waals surface area contributed by atoms with E-state index in [0.717, 1.165) is 36.3 Å². The minimum absolute atomic E-state index is 0.0110. The first-order valence-electron chi connectivity index (χ1n) is 8.48. The molecule has 0 spiro atoms. The lowest BCUT2D eigenvalue weighted by atomic mass is 9.98. The third-order valence-electron chi connectivity index (χ3n) is 4.80. The number of hydroxylamine groups is 2. The van der Waals surface area contributed by atoms with Gasteiger partial charge in [0.2, 0.25) is 0 Å². The van der Waals surface area contributed by atoms with Crippen LogP contribution in [0.4, 0.5) is 4.79 Å². The van der Waals surface area contributed by atoms with Crippen LogP contribution in [0.25, 0.3) is 0 Å². The zero-order chi connectivity index (χ0) is 16.5. The van der Waals surface area contributed by atoms with Crippen molar-refractivity contribution in [1.29, 1.82) is 0 Å². The lowest BCUT2D eigenvalue weighted by Crippen LogP contribution is -2.34. The minimum Gasteiger partial charge on any atom is -0.361 e. The molecule has 0 aliphatic carbocycles. The molecule has 1 aromatic carbocycles. The molecular weight excluding hydrogens is 306 g/mol. The van der Waals surface area contributed by atoms with Crippen LogP contribution in [-0.2, 0) is 17.9 Å². The monoisotopic (exact) mass is 327 g/mol. The van der Waals surface area contributed by atoms with Crippen LogP contribution in [0.1, 0.15) is 42.8 Å². The maximum absolute atomic E-state index is 12.7. The standard InChI is InChI=1S/C18H21N3O3/c1-2-15-10-16(19-24-15)17-9-8-14-11-20(17)18(22)21(14)23-12-13-6-4-3-5-7-13/h3-7,10,14,17H,2,8-9,11-12H2,1H3.